The highest BCUT2D eigenvalue weighted by Crippen LogP contribution is 2.50. The summed E-state index contributed by atoms with van der Waals surface area (Å²) in [7, 11) is 0. The fourth-order valence-electron chi connectivity index (χ4n) is 5.83. The molecule has 2 aromatic carbocycles. The van der Waals surface area contributed by atoms with Crippen LogP contribution in [0, 0.1) is 0 Å². The number of alkyl halides is 3. The lowest BCUT2D eigenvalue weighted by Gasteiger charge is -2.39. The fourth-order valence-corrected chi connectivity index (χ4v) is 7.17. The number of halogens is 5. The van der Waals surface area contributed by atoms with Crippen LogP contribution in [0.4, 0.5) is 18.9 Å². The molecule has 2 atom stereocenters. The molecule has 0 spiro atoms. The predicted molar refractivity (Wildman–Crippen MR) is 158 cm³/mol. The minimum absolute atomic E-state index is 0.0253. The number of carbonyl (C=O) groups excluding carboxylic acids is 2. The molecule has 11 heteroatoms. The van der Waals surface area contributed by atoms with Gasteiger partial charge in [0.2, 0.25) is 5.91 Å². The third-order valence-electron chi connectivity index (χ3n) is 7.65. The van der Waals surface area contributed by atoms with E-state index in [0.29, 0.717) is 46.8 Å². The number of nitrogens with zero attached hydrogens (tertiary/aromatic N) is 2. The van der Waals surface area contributed by atoms with Crippen molar-refractivity contribution in [3.05, 3.63) is 73.9 Å². The largest absolute Gasteiger partial charge is 0.406 e. The average Bonchev–Trinajstić information content (AvgIpc) is 3.47. The number of nitrogens with one attached hydrogen (secondary N) is 1. The number of hydrogen-bond donors (Lipinski definition) is 1. The van der Waals surface area contributed by atoms with Crippen molar-refractivity contribution < 1.29 is 22.8 Å². The lowest BCUT2D eigenvalue weighted by Crippen LogP contribution is -2.51. The first-order chi connectivity index (χ1) is 19.6. The summed E-state index contributed by atoms with van der Waals surface area (Å²) in [5.74, 6) is -1.80. The first kappa shape index (κ1) is 29.7. The van der Waals surface area contributed by atoms with Crippen molar-refractivity contribution in [2.45, 2.75) is 57.3 Å². The lowest BCUT2D eigenvalue weighted by molar-refractivity contribution is -0.161. The number of thiophene rings is 1. The molecule has 2 heterocycles. The van der Waals surface area contributed by atoms with Gasteiger partial charge in [-0.05, 0) is 48.4 Å². The van der Waals surface area contributed by atoms with E-state index in [2.05, 4.69) is 10.2 Å². The molecule has 2 amide bonds. The van der Waals surface area contributed by atoms with Crippen molar-refractivity contribution >= 4 is 52.0 Å². The Kier molecular flexibility index (Phi) is 8.87. The van der Waals surface area contributed by atoms with Gasteiger partial charge in [-0.1, -0.05) is 72.9 Å². The highest BCUT2D eigenvalue weighted by molar-refractivity contribution is 7.13. The topological polar surface area (TPSA) is 52.7 Å². The fraction of sp³-hybridized carbons (Fsp3) is 0.400. The molecule has 3 aromatic rings. The number of carbonyl (C=O) groups is 2. The number of hydrogen-bond acceptors (Lipinski definition) is 4. The maximum atomic E-state index is 14.1. The Hall–Kier alpha value is -2.75. The Morgan fingerprint density at radius 1 is 1.10 bits per heavy atom. The summed E-state index contributed by atoms with van der Waals surface area (Å²) in [5, 5.41) is 5.22. The zero-order valence-electron chi connectivity index (χ0n) is 22.4. The molecule has 5 nitrogen and oxygen atoms in total. The second-order valence-corrected chi connectivity index (χ2v) is 12.1. The molecule has 0 bridgehead atoms. The summed E-state index contributed by atoms with van der Waals surface area (Å²) >= 11 is 13.5. The predicted octanol–water partition coefficient (Wildman–Crippen LogP) is 8.10. The van der Waals surface area contributed by atoms with Crippen LogP contribution >= 0.6 is 34.5 Å². The molecule has 0 radical (unpaired) electrons. The Morgan fingerprint density at radius 3 is 2.56 bits per heavy atom. The van der Waals surface area contributed by atoms with Gasteiger partial charge in [0.15, 0.2) is 0 Å². The molecular formula is C30H30Cl2F3N3O2S. The lowest BCUT2D eigenvalue weighted by atomic mass is 9.92. The summed E-state index contributed by atoms with van der Waals surface area (Å²) in [6.07, 6.45) is -1.37. The Labute approximate surface area is 251 Å². The van der Waals surface area contributed by atoms with Crippen molar-refractivity contribution in [3.8, 4) is 11.1 Å². The van der Waals surface area contributed by atoms with Gasteiger partial charge in [0.05, 0.1) is 16.0 Å². The zero-order valence-corrected chi connectivity index (χ0v) is 24.8. The van der Waals surface area contributed by atoms with Gasteiger partial charge in [0, 0.05) is 29.7 Å². The van der Waals surface area contributed by atoms with E-state index in [0.717, 1.165) is 45.9 Å². The number of anilines is 1. The van der Waals surface area contributed by atoms with E-state index < -0.39 is 30.7 Å². The first-order valence-electron chi connectivity index (χ1n) is 13.7. The smallest absolute Gasteiger partial charge is 0.351 e. The number of fused-ring (bicyclic) bond motifs is 3. The van der Waals surface area contributed by atoms with Crippen LogP contribution in [0.15, 0.2) is 47.8 Å². The van der Waals surface area contributed by atoms with Crippen molar-refractivity contribution in [1.29, 1.82) is 0 Å². The van der Waals surface area contributed by atoms with Gasteiger partial charge >= 0.3 is 6.18 Å². The summed E-state index contributed by atoms with van der Waals surface area (Å²) < 4.78 is 40.9. The van der Waals surface area contributed by atoms with Gasteiger partial charge in [-0.2, -0.15) is 13.2 Å². The maximum Gasteiger partial charge on any atom is 0.406 e. The SMILES string of the molecule is CCCCN(CC(F)(F)F)C(=O)C1c2ccccc2-c2cccc(N3CCCCC3NC(=O)c3scc(Cl)c3Cl)c21. The zero-order chi connectivity index (χ0) is 29.3. The van der Waals surface area contributed by atoms with Crippen LogP contribution in [0.3, 0.4) is 0 Å². The number of piperidine rings is 1. The standard InChI is InChI=1S/C30H30Cl2F3N3O2S/c1-2-3-14-37(17-30(33,34)35)29(40)25-20-10-5-4-9-18(20)19-11-8-12-22(24(19)25)38-15-7-6-13-23(38)36-28(39)27-26(32)21(31)16-41-27/h4-5,8-12,16,23,25H,2-3,6-7,13-15,17H2,1H3,(H,36,39). The molecular weight excluding hydrogens is 594 g/mol. The van der Waals surface area contributed by atoms with Gasteiger partial charge in [-0.15, -0.1) is 11.3 Å². The second kappa shape index (κ2) is 12.2. The first-order valence-corrected chi connectivity index (χ1v) is 15.3. The van der Waals surface area contributed by atoms with Crippen molar-refractivity contribution in [2.75, 3.05) is 24.5 Å². The average molecular weight is 625 g/mol. The molecule has 41 heavy (non-hydrogen) atoms. The molecule has 2 unspecified atom stereocenters. The molecule has 1 aliphatic heterocycles. The van der Waals surface area contributed by atoms with E-state index in [4.69, 9.17) is 23.2 Å². The third-order valence-corrected chi connectivity index (χ3v) is 9.66. The minimum Gasteiger partial charge on any atom is -0.351 e. The van der Waals surface area contributed by atoms with Gasteiger partial charge in [0.25, 0.3) is 5.91 Å². The molecule has 0 saturated carbocycles. The molecule has 1 fully saturated rings. The summed E-state index contributed by atoms with van der Waals surface area (Å²) in [6, 6.07) is 13.1. The normalized spacial score (nSPS) is 18.1. The van der Waals surface area contributed by atoms with E-state index in [1.165, 1.54) is 0 Å². The van der Waals surface area contributed by atoms with E-state index in [1.807, 2.05) is 49.4 Å². The number of benzene rings is 2. The van der Waals surface area contributed by atoms with Crippen LogP contribution in [0.25, 0.3) is 11.1 Å². The van der Waals surface area contributed by atoms with Crippen LogP contribution in [-0.2, 0) is 4.79 Å². The maximum absolute atomic E-state index is 14.1. The highest BCUT2D eigenvalue weighted by Gasteiger charge is 2.42. The second-order valence-electron chi connectivity index (χ2n) is 10.4. The molecule has 1 saturated heterocycles. The van der Waals surface area contributed by atoms with E-state index in [1.54, 1.807) is 5.38 Å². The van der Waals surface area contributed by atoms with E-state index in [9.17, 15) is 22.8 Å². The highest BCUT2D eigenvalue weighted by atomic mass is 35.5. The molecule has 2 aliphatic rings. The van der Waals surface area contributed by atoms with Crippen LogP contribution in [-0.4, -0.2) is 48.7 Å². The Morgan fingerprint density at radius 2 is 1.85 bits per heavy atom. The summed E-state index contributed by atoms with van der Waals surface area (Å²) in [4.78, 5) is 30.6. The molecule has 5 rings (SSSR count). The van der Waals surface area contributed by atoms with Crippen LogP contribution in [0.5, 0.6) is 0 Å². The summed E-state index contributed by atoms with van der Waals surface area (Å²) in [6.45, 7) is 1.22. The van der Waals surface area contributed by atoms with Gasteiger partial charge in [-0.25, -0.2) is 0 Å². The Balaban J connectivity index is 1.55. The van der Waals surface area contributed by atoms with E-state index >= 15 is 0 Å². The van der Waals surface area contributed by atoms with Crippen molar-refractivity contribution in [1.82, 2.24) is 10.2 Å². The molecule has 1 N–H and O–H groups in total. The quantitative estimate of drug-likeness (QED) is 0.276. The van der Waals surface area contributed by atoms with Crippen molar-refractivity contribution in [3.63, 3.8) is 0 Å². The van der Waals surface area contributed by atoms with Crippen LogP contribution in [0.1, 0.15) is 65.7 Å². The molecule has 1 aliphatic carbocycles. The monoisotopic (exact) mass is 623 g/mol. The third kappa shape index (κ3) is 6.08. The van der Waals surface area contributed by atoms with Gasteiger partial charge < -0.3 is 15.1 Å². The number of amides is 2. The van der Waals surface area contributed by atoms with Crippen LogP contribution < -0.4 is 10.2 Å². The van der Waals surface area contributed by atoms with Crippen molar-refractivity contribution in [2.24, 2.45) is 0 Å². The Bertz CT molecular complexity index is 1440. The summed E-state index contributed by atoms with van der Waals surface area (Å²) in [5.41, 5.74) is 3.77. The van der Waals surface area contributed by atoms with Crippen LogP contribution in [0.2, 0.25) is 10.0 Å². The number of rotatable bonds is 8. The number of unbranched alkanes of at least 4 members (excludes halogenated alkanes) is 1. The minimum atomic E-state index is -4.52. The van der Waals surface area contributed by atoms with Gasteiger partial charge in [-0.3, -0.25) is 9.59 Å². The molecule has 1 aromatic heterocycles. The van der Waals surface area contributed by atoms with E-state index in [-0.39, 0.29) is 17.5 Å². The van der Waals surface area contributed by atoms with Gasteiger partial charge in [0.1, 0.15) is 17.6 Å². The molecule has 218 valence electrons.